The molecule has 2 aromatic carbocycles. The zero-order chi connectivity index (χ0) is 22.9. The van der Waals surface area contributed by atoms with Crippen LogP contribution in [0.3, 0.4) is 0 Å². The van der Waals surface area contributed by atoms with E-state index in [9.17, 15) is 4.79 Å². The molecular weight excluding hydrogens is 446 g/mol. The highest BCUT2D eigenvalue weighted by atomic mass is 32.2. The number of nitrogens with one attached hydrogen (secondary N) is 1. The summed E-state index contributed by atoms with van der Waals surface area (Å²) in [5, 5.41) is 11.0. The molecular formula is C26H27N5O2S. The Labute approximate surface area is 202 Å². The van der Waals surface area contributed by atoms with Gasteiger partial charge in [-0.25, -0.2) is 0 Å². The summed E-state index contributed by atoms with van der Waals surface area (Å²) in [7, 11) is 0. The zero-order valence-electron chi connectivity index (χ0n) is 18.9. The number of carbonyl (C=O) groups is 1. The third-order valence-electron chi connectivity index (χ3n) is 6.77. The molecule has 0 radical (unpaired) electrons. The predicted molar refractivity (Wildman–Crippen MR) is 133 cm³/mol. The van der Waals surface area contributed by atoms with Crippen LogP contribution in [-0.2, 0) is 29.0 Å². The Morgan fingerprint density at radius 1 is 1.12 bits per heavy atom. The van der Waals surface area contributed by atoms with Crippen LogP contribution in [0.2, 0.25) is 0 Å². The molecule has 1 amide bonds. The van der Waals surface area contributed by atoms with Crippen LogP contribution in [0.25, 0.3) is 22.3 Å². The summed E-state index contributed by atoms with van der Waals surface area (Å²) in [6.07, 6.45) is 5.15. The van der Waals surface area contributed by atoms with Crippen LogP contribution in [0.5, 0.6) is 0 Å². The van der Waals surface area contributed by atoms with Crippen molar-refractivity contribution in [1.29, 1.82) is 0 Å². The number of nitrogens with zero attached hydrogens (tertiary/aromatic N) is 4. The first-order valence-electron chi connectivity index (χ1n) is 11.8. The average Bonchev–Trinajstić information content (AvgIpc) is 3.63. The van der Waals surface area contributed by atoms with Gasteiger partial charge in [0.05, 0.1) is 18.4 Å². The fraction of sp³-hybridized carbons (Fsp3) is 0.346. The van der Waals surface area contributed by atoms with Crippen LogP contribution in [0.1, 0.15) is 24.0 Å². The number of ether oxygens (including phenoxy) is 1. The van der Waals surface area contributed by atoms with Gasteiger partial charge in [-0.2, -0.15) is 0 Å². The quantitative estimate of drug-likeness (QED) is 0.423. The first-order chi connectivity index (χ1) is 16.8. The molecule has 7 nitrogen and oxygen atoms in total. The molecule has 1 saturated heterocycles. The van der Waals surface area contributed by atoms with E-state index in [0.717, 1.165) is 59.9 Å². The van der Waals surface area contributed by atoms with Crippen molar-refractivity contribution >= 4 is 28.6 Å². The fourth-order valence-corrected chi connectivity index (χ4v) is 5.78. The van der Waals surface area contributed by atoms with Gasteiger partial charge in [-0.1, -0.05) is 54.2 Å². The van der Waals surface area contributed by atoms with Crippen LogP contribution in [0.4, 0.5) is 0 Å². The van der Waals surface area contributed by atoms with E-state index in [-0.39, 0.29) is 12.0 Å². The van der Waals surface area contributed by atoms with Crippen molar-refractivity contribution in [3.8, 4) is 11.4 Å². The van der Waals surface area contributed by atoms with Gasteiger partial charge in [0.15, 0.2) is 11.0 Å². The lowest BCUT2D eigenvalue weighted by molar-refractivity contribution is -0.129. The Bertz CT molecular complexity index is 1320. The molecule has 2 aliphatic rings. The highest BCUT2D eigenvalue weighted by molar-refractivity contribution is 7.99. The Morgan fingerprint density at radius 2 is 1.97 bits per heavy atom. The Kier molecular flexibility index (Phi) is 5.84. The van der Waals surface area contributed by atoms with Gasteiger partial charge in [0.1, 0.15) is 0 Å². The second kappa shape index (κ2) is 9.27. The maximum Gasteiger partial charge on any atom is 0.233 e. The first-order valence-corrected chi connectivity index (χ1v) is 12.8. The van der Waals surface area contributed by atoms with Gasteiger partial charge in [-0.15, -0.1) is 10.2 Å². The number of H-pyrrole nitrogens is 1. The summed E-state index contributed by atoms with van der Waals surface area (Å²) in [6, 6.07) is 16.6. The minimum absolute atomic E-state index is 0.139. The lowest BCUT2D eigenvalue weighted by Gasteiger charge is -2.28. The van der Waals surface area contributed by atoms with Crippen molar-refractivity contribution < 1.29 is 9.53 Å². The van der Waals surface area contributed by atoms with Crippen molar-refractivity contribution in [2.24, 2.45) is 0 Å². The normalized spacial score (nSPS) is 17.9. The largest absolute Gasteiger partial charge is 0.376 e. The standard InChI is InChI=1S/C26H27N5O2S/c32-24(30-12-11-18-6-1-2-7-19(18)15-30)17-34-26-29-28-25(31(26)16-20-8-5-13-33-20)22-14-27-23-10-4-3-9-21(22)23/h1-4,6-7,9-10,14,20,27H,5,8,11-13,15-17H2/t20-/m0/s1. The van der Waals surface area contributed by atoms with E-state index in [1.807, 2.05) is 29.3 Å². The molecule has 4 aromatic rings. The molecule has 4 heterocycles. The Morgan fingerprint density at radius 3 is 2.85 bits per heavy atom. The molecule has 2 aromatic heterocycles. The molecule has 174 valence electrons. The third kappa shape index (κ3) is 4.12. The van der Waals surface area contributed by atoms with Gasteiger partial charge in [-0.05, 0) is 36.5 Å². The highest BCUT2D eigenvalue weighted by Gasteiger charge is 2.25. The minimum Gasteiger partial charge on any atom is -0.376 e. The number of fused-ring (bicyclic) bond motifs is 2. The molecule has 1 fully saturated rings. The van der Waals surface area contributed by atoms with Crippen molar-refractivity contribution in [1.82, 2.24) is 24.6 Å². The molecule has 34 heavy (non-hydrogen) atoms. The number of aromatic nitrogens is 4. The molecule has 0 aliphatic carbocycles. The molecule has 1 N–H and O–H groups in total. The number of aromatic amines is 1. The van der Waals surface area contributed by atoms with E-state index in [1.54, 1.807) is 0 Å². The second-order valence-corrected chi connectivity index (χ2v) is 9.86. The number of hydrogen-bond acceptors (Lipinski definition) is 5. The van der Waals surface area contributed by atoms with Crippen LogP contribution in [0.15, 0.2) is 59.9 Å². The molecule has 0 unspecified atom stereocenters. The lowest BCUT2D eigenvalue weighted by Crippen LogP contribution is -2.37. The van der Waals surface area contributed by atoms with Crippen LogP contribution < -0.4 is 0 Å². The van der Waals surface area contributed by atoms with E-state index in [2.05, 4.69) is 50.1 Å². The maximum absolute atomic E-state index is 13.1. The van der Waals surface area contributed by atoms with E-state index < -0.39 is 0 Å². The summed E-state index contributed by atoms with van der Waals surface area (Å²) < 4.78 is 8.06. The van der Waals surface area contributed by atoms with Crippen molar-refractivity contribution in [2.75, 3.05) is 18.9 Å². The van der Waals surface area contributed by atoms with Crippen molar-refractivity contribution in [2.45, 2.75) is 43.6 Å². The minimum atomic E-state index is 0.139. The molecule has 1 atom stereocenters. The van der Waals surface area contributed by atoms with E-state index >= 15 is 0 Å². The number of thioether (sulfide) groups is 1. The van der Waals surface area contributed by atoms with Crippen LogP contribution in [-0.4, -0.2) is 55.6 Å². The van der Waals surface area contributed by atoms with Gasteiger partial charge >= 0.3 is 0 Å². The molecule has 2 aliphatic heterocycles. The van der Waals surface area contributed by atoms with Crippen molar-refractivity contribution in [3.05, 3.63) is 65.9 Å². The zero-order valence-corrected chi connectivity index (χ0v) is 19.8. The SMILES string of the molecule is O=C(CSc1nnc(-c2c[nH]c3ccccc23)n1C[C@@H]1CCCO1)N1CCc2ccccc2C1. The molecule has 0 bridgehead atoms. The van der Waals surface area contributed by atoms with E-state index in [0.29, 0.717) is 18.8 Å². The maximum atomic E-state index is 13.1. The summed E-state index contributed by atoms with van der Waals surface area (Å²) in [6.45, 7) is 2.93. The number of para-hydroxylation sites is 1. The number of carbonyl (C=O) groups excluding carboxylic acids is 1. The molecule has 0 spiro atoms. The average molecular weight is 474 g/mol. The van der Waals surface area contributed by atoms with Crippen LogP contribution >= 0.6 is 11.8 Å². The fourth-order valence-electron chi connectivity index (χ4n) is 4.93. The summed E-state index contributed by atoms with van der Waals surface area (Å²) >= 11 is 1.47. The number of amides is 1. The molecule has 0 saturated carbocycles. The predicted octanol–water partition coefficient (Wildman–Crippen LogP) is 4.28. The van der Waals surface area contributed by atoms with Gasteiger partial charge in [0.25, 0.3) is 0 Å². The summed E-state index contributed by atoms with van der Waals surface area (Å²) in [5.41, 5.74) is 4.68. The van der Waals surface area contributed by atoms with E-state index in [1.165, 1.54) is 22.9 Å². The van der Waals surface area contributed by atoms with Gasteiger partial charge in [-0.3, -0.25) is 9.36 Å². The van der Waals surface area contributed by atoms with Crippen LogP contribution in [0, 0.1) is 0 Å². The summed E-state index contributed by atoms with van der Waals surface area (Å²) in [4.78, 5) is 18.4. The monoisotopic (exact) mass is 473 g/mol. The Balaban J connectivity index is 1.23. The van der Waals surface area contributed by atoms with Crippen molar-refractivity contribution in [3.63, 3.8) is 0 Å². The van der Waals surface area contributed by atoms with E-state index in [4.69, 9.17) is 4.74 Å². The second-order valence-electron chi connectivity index (χ2n) is 8.92. The highest BCUT2D eigenvalue weighted by Crippen LogP contribution is 2.31. The van der Waals surface area contributed by atoms with Gasteiger partial charge in [0, 0.05) is 42.4 Å². The number of hydrogen-bond donors (Lipinski definition) is 1. The van der Waals surface area contributed by atoms with Gasteiger partial charge in [0.2, 0.25) is 5.91 Å². The summed E-state index contributed by atoms with van der Waals surface area (Å²) in [5.74, 6) is 1.30. The van der Waals surface area contributed by atoms with Gasteiger partial charge < -0.3 is 14.6 Å². The topological polar surface area (TPSA) is 76.0 Å². The Hall–Kier alpha value is -3.10. The lowest BCUT2D eigenvalue weighted by atomic mass is 10.00. The number of benzene rings is 2. The number of rotatable bonds is 6. The molecule has 6 rings (SSSR count). The smallest absolute Gasteiger partial charge is 0.233 e. The first kappa shape index (κ1) is 21.4. The third-order valence-corrected chi connectivity index (χ3v) is 7.72. The molecule has 8 heteroatoms.